The minimum absolute atomic E-state index is 0.278. The molecule has 0 radical (unpaired) electrons. The van der Waals surface area contributed by atoms with Crippen LogP contribution in [-0.2, 0) is 4.74 Å². The van der Waals surface area contributed by atoms with E-state index in [1.54, 1.807) is 0 Å². The number of allylic oxidation sites excluding steroid dienone is 1. The number of nitrogens with one attached hydrogen (secondary N) is 1. The van der Waals surface area contributed by atoms with Crippen molar-refractivity contribution in [2.75, 3.05) is 6.61 Å². The van der Waals surface area contributed by atoms with Crippen molar-refractivity contribution in [1.29, 1.82) is 5.41 Å². The van der Waals surface area contributed by atoms with Crippen LogP contribution < -0.4 is 0 Å². The molecule has 0 atom stereocenters. The zero-order valence-electron chi connectivity index (χ0n) is 6.19. The maximum atomic E-state index is 7.20. The molecule has 0 aromatic rings. The van der Waals surface area contributed by atoms with Crippen LogP contribution in [0.5, 0.6) is 0 Å². The van der Waals surface area contributed by atoms with E-state index in [4.69, 9.17) is 10.1 Å². The predicted molar refractivity (Wildman–Crippen MR) is 38.8 cm³/mol. The molecule has 0 aliphatic rings. The second kappa shape index (κ2) is 4.13. The number of hydrogen-bond acceptors (Lipinski definition) is 2. The Kier molecular flexibility index (Phi) is 3.76. The van der Waals surface area contributed by atoms with Crippen LogP contribution in [-0.4, -0.2) is 12.5 Å². The van der Waals surface area contributed by atoms with Crippen LogP contribution in [0.2, 0.25) is 0 Å². The lowest BCUT2D eigenvalue weighted by molar-refractivity contribution is 0.324. The van der Waals surface area contributed by atoms with E-state index in [0.717, 1.165) is 5.57 Å². The van der Waals surface area contributed by atoms with E-state index in [-0.39, 0.29) is 5.90 Å². The van der Waals surface area contributed by atoms with Gasteiger partial charge >= 0.3 is 0 Å². The van der Waals surface area contributed by atoms with Crippen LogP contribution in [0.1, 0.15) is 20.8 Å². The van der Waals surface area contributed by atoms with Crippen molar-refractivity contribution in [3.05, 3.63) is 11.6 Å². The van der Waals surface area contributed by atoms with Crippen LogP contribution in [0, 0.1) is 5.41 Å². The Bertz CT molecular complexity index is 127. The largest absolute Gasteiger partial charge is 0.478 e. The molecule has 0 amide bonds. The van der Waals surface area contributed by atoms with E-state index in [2.05, 4.69) is 0 Å². The summed E-state index contributed by atoms with van der Waals surface area (Å²) in [7, 11) is 0. The number of hydrogen-bond donors (Lipinski definition) is 1. The van der Waals surface area contributed by atoms with E-state index in [1.807, 2.05) is 26.8 Å². The van der Waals surface area contributed by atoms with Crippen molar-refractivity contribution in [2.45, 2.75) is 20.8 Å². The van der Waals surface area contributed by atoms with Gasteiger partial charge in [-0.2, -0.15) is 0 Å². The maximum absolute atomic E-state index is 7.20. The Morgan fingerprint density at radius 3 is 2.56 bits per heavy atom. The summed E-state index contributed by atoms with van der Waals surface area (Å²) in [6, 6.07) is 0. The number of rotatable bonds is 2. The molecule has 0 unspecified atom stereocenters. The lowest BCUT2D eigenvalue weighted by atomic mass is 10.3. The van der Waals surface area contributed by atoms with E-state index >= 15 is 0 Å². The van der Waals surface area contributed by atoms with E-state index in [9.17, 15) is 0 Å². The first kappa shape index (κ1) is 8.21. The van der Waals surface area contributed by atoms with Crippen LogP contribution in [0.15, 0.2) is 11.6 Å². The summed E-state index contributed by atoms with van der Waals surface area (Å²) < 4.78 is 4.91. The van der Waals surface area contributed by atoms with Crippen molar-refractivity contribution in [2.24, 2.45) is 0 Å². The topological polar surface area (TPSA) is 33.1 Å². The monoisotopic (exact) mass is 127 g/mol. The molecule has 0 fully saturated rings. The quantitative estimate of drug-likeness (QED) is 0.446. The Labute approximate surface area is 56.0 Å². The third-order valence-electron chi connectivity index (χ3n) is 1.08. The first-order chi connectivity index (χ1) is 4.22. The van der Waals surface area contributed by atoms with Gasteiger partial charge in [0.25, 0.3) is 0 Å². The lowest BCUT2D eigenvalue weighted by Crippen LogP contribution is -2.03. The molecule has 0 saturated carbocycles. The van der Waals surface area contributed by atoms with Crippen molar-refractivity contribution in [3.63, 3.8) is 0 Å². The number of ether oxygens (including phenoxy) is 1. The highest BCUT2D eigenvalue weighted by Gasteiger charge is 1.94. The fourth-order valence-corrected chi connectivity index (χ4v) is 0.389. The molecule has 0 heterocycles. The molecule has 0 aliphatic heterocycles. The summed E-state index contributed by atoms with van der Waals surface area (Å²) >= 11 is 0. The van der Waals surface area contributed by atoms with Gasteiger partial charge in [-0.3, -0.25) is 5.41 Å². The van der Waals surface area contributed by atoms with Gasteiger partial charge in [0.05, 0.1) is 6.61 Å². The first-order valence-corrected chi connectivity index (χ1v) is 3.07. The summed E-state index contributed by atoms with van der Waals surface area (Å²) in [5, 5.41) is 7.20. The fraction of sp³-hybridized carbons (Fsp3) is 0.571. The van der Waals surface area contributed by atoms with Crippen LogP contribution >= 0.6 is 0 Å². The molecular formula is C7H13NO. The lowest BCUT2D eigenvalue weighted by Gasteiger charge is -2.02. The average molecular weight is 127 g/mol. The zero-order valence-corrected chi connectivity index (χ0v) is 6.19. The Balaban J connectivity index is 3.74. The molecule has 0 bridgehead atoms. The summed E-state index contributed by atoms with van der Waals surface area (Å²) in [6.07, 6.45) is 1.86. The summed E-state index contributed by atoms with van der Waals surface area (Å²) in [5.74, 6) is 0.278. The molecule has 2 nitrogen and oxygen atoms in total. The third-order valence-corrected chi connectivity index (χ3v) is 1.08. The van der Waals surface area contributed by atoms with Gasteiger partial charge in [0.2, 0.25) is 5.90 Å². The van der Waals surface area contributed by atoms with Gasteiger partial charge in [-0.15, -0.1) is 0 Å². The minimum Gasteiger partial charge on any atom is -0.478 e. The highest BCUT2D eigenvalue weighted by molar-refractivity contribution is 5.90. The van der Waals surface area contributed by atoms with Gasteiger partial charge in [-0.05, 0) is 20.8 Å². The molecule has 0 aliphatic carbocycles. The van der Waals surface area contributed by atoms with Crippen LogP contribution in [0.4, 0.5) is 0 Å². The molecule has 9 heavy (non-hydrogen) atoms. The van der Waals surface area contributed by atoms with Crippen LogP contribution in [0.3, 0.4) is 0 Å². The van der Waals surface area contributed by atoms with Crippen LogP contribution in [0.25, 0.3) is 0 Å². The SMILES string of the molecule is C/C=C(\C)C(=N)OCC. The predicted octanol–water partition coefficient (Wildman–Crippen LogP) is 1.97. The Morgan fingerprint density at radius 1 is 1.67 bits per heavy atom. The summed E-state index contributed by atoms with van der Waals surface area (Å²) in [4.78, 5) is 0. The van der Waals surface area contributed by atoms with Gasteiger partial charge in [0, 0.05) is 5.57 Å². The standard InChI is InChI=1S/C7H13NO/c1-4-6(3)7(8)9-5-2/h4,8H,5H2,1-3H3/b6-4+,8-7?. The first-order valence-electron chi connectivity index (χ1n) is 3.07. The van der Waals surface area contributed by atoms with Gasteiger partial charge in [-0.25, -0.2) is 0 Å². The molecule has 0 aromatic carbocycles. The highest BCUT2D eigenvalue weighted by Crippen LogP contribution is 1.94. The second-order valence-electron chi connectivity index (χ2n) is 1.73. The van der Waals surface area contributed by atoms with Gasteiger partial charge in [-0.1, -0.05) is 6.08 Å². The molecule has 0 aromatic heterocycles. The van der Waals surface area contributed by atoms with Crippen molar-refractivity contribution in [1.82, 2.24) is 0 Å². The second-order valence-corrected chi connectivity index (χ2v) is 1.73. The van der Waals surface area contributed by atoms with Crippen molar-refractivity contribution in [3.8, 4) is 0 Å². The van der Waals surface area contributed by atoms with Gasteiger partial charge < -0.3 is 4.74 Å². The molecule has 2 heteroatoms. The smallest absolute Gasteiger partial charge is 0.208 e. The molecule has 0 saturated heterocycles. The highest BCUT2D eigenvalue weighted by atomic mass is 16.5. The fourth-order valence-electron chi connectivity index (χ4n) is 0.389. The normalized spacial score (nSPS) is 11.2. The van der Waals surface area contributed by atoms with Crippen molar-refractivity contribution >= 4 is 5.90 Å². The average Bonchev–Trinajstić information content (AvgIpc) is 1.87. The van der Waals surface area contributed by atoms with E-state index < -0.39 is 0 Å². The summed E-state index contributed by atoms with van der Waals surface area (Å²) in [6.45, 7) is 6.20. The minimum atomic E-state index is 0.278. The van der Waals surface area contributed by atoms with Gasteiger partial charge in [0.1, 0.15) is 0 Å². The molecule has 1 N–H and O–H groups in total. The van der Waals surface area contributed by atoms with E-state index in [1.165, 1.54) is 0 Å². The van der Waals surface area contributed by atoms with Gasteiger partial charge in [0.15, 0.2) is 0 Å². The van der Waals surface area contributed by atoms with E-state index in [0.29, 0.717) is 6.61 Å². The third kappa shape index (κ3) is 2.90. The molecule has 52 valence electrons. The summed E-state index contributed by atoms with van der Waals surface area (Å²) in [5.41, 5.74) is 0.886. The molecule has 0 spiro atoms. The Morgan fingerprint density at radius 2 is 2.22 bits per heavy atom. The van der Waals surface area contributed by atoms with Crippen molar-refractivity contribution < 1.29 is 4.74 Å². The molecule has 0 rings (SSSR count). The Hall–Kier alpha value is -0.790. The zero-order chi connectivity index (χ0) is 7.28. The molecular weight excluding hydrogens is 114 g/mol. The maximum Gasteiger partial charge on any atom is 0.208 e.